The number of benzene rings is 5. The van der Waals surface area contributed by atoms with Crippen molar-refractivity contribution in [3.8, 4) is 0 Å². The summed E-state index contributed by atoms with van der Waals surface area (Å²) in [7, 11) is 0. The van der Waals surface area contributed by atoms with Crippen LogP contribution in [0.5, 0.6) is 0 Å². The molecule has 0 aliphatic carbocycles. The van der Waals surface area contributed by atoms with Gasteiger partial charge in [-0.05, 0) is 58.8 Å². The summed E-state index contributed by atoms with van der Waals surface area (Å²) in [5, 5.41) is 8.13. The van der Waals surface area contributed by atoms with E-state index in [0.717, 1.165) is 61.0 Å². The predicted molar refractivity (Wildman–Crippen MR) is 159 cm³/mol. The first-order valence-corrected chi connectivity index (χ1v) is 12.5. The van der Waals surface area contributed by atoms with Gasteiger partial charge in [-0.25, -0.2) is 0 Å². The monoisotopic (exact) mass is 477 g/mol. The Hall–Kier alpha value is -4.82. The number of para-hydroxylation sites is 1. The first-order chi connectivity index (χ1) is 18.2. The van der Waals surface area contributed by atoms with E-state index in [0.29, 0.717) is 0 Å². The summed E-state index contributed by atoms with van der Waals surface area (Å²) in [5.41, 5.74) is 8.18. The first kappa shape index (κ1) is 22.6. The minimum absolute atomic E-state index is 0.870. The average Bonchev–Trinajstić information content (AvgIpc) is 3.35. The number of hydrogen-bond donors (Lipinski definition) is 1. The molecule has 1 heterocycles. The summed E-state index contributed by atoms with van der Waals surface area (Å²) < 4.78 is 6.45. The van der Waals surface area contributed by atoms with Crippen molar-refractivity contribution in [2.45, 2.75) is 6.92 Å². The zero-order valence-electron chi connectivity index (χ0n) is 20.7. The minimum atomic E-state index is 0.870. The fraction of sp³-hybridized carbons (Fsp3) is 0.0286. The van der Waals surface area contributed by atoms with Crippen LogP contribution in [0.4, 0.5) is 11.4 Å². The predicted octanol–water partition coefficient (Wildman–Crippen LogP) is 10.2. The fourth-order valence-corrected chi connectivity index (χ4v) is 4.82. The third-order valence-electron chi connectivity index (χ3n) is 6.81. The molecule has 0 amide bonds. The van der Waals surface area contributed by atoms with Crippen LogP contribution >= 0.6 is 0 Å². The highest BCUT2D eigenvalue weighted by molar-refractivity contribution is 6.17. The van der Waals surface area contributed by atoms with E-state index in [1.54, 1.807) is 0 Å². The van der Waals surface area contributed by atoms with Crippen molar-refractivity contribution in [3.63, 3.8) is 0 Å². The highest BCUT2D eigenvalue weighted by Crippen LogP contribution is 2.38. The van der Waals surface area contributed by atoms with Crippen molar-refractivity contribution in [3.05, 3.63) is 145 Å². The largest absolute Gasteiger partial charge is 0.453 e. The molecule has 1 aromatic heterocycles. The van der Waals surface area contributed by atoms with Crippen LogP contribution in [0.2, 0.25) is 0 Å². The average molecular weight is 478 g/mol. The van der Waals surface area contributed by atoms with Gasteiger partial charge in [0.1, 0.15) is 5.58 Å². The Morgan fingerprint density at radius 1 is 0.649 bits per heavy atom. The quantitative estimate of drug-likeness (QED) is 0.241. The molecule has 0 aliphatic rings. The molecule has 0 aliphatic heterocycles. The molecule has 178 valence electrons. The lowest BCUT2D eigenvalue weighted by atomic mass is 10.0. The molecule has 1 N–H and O–H groups in total. The van der Waals surface area contributed by atoms with Gasteiger partial charge in [0.05, 0.1) is 5.69 Å². The smallest absolute Gasteiger partial charge is 0.158 e. The normalized spacial score (nSPS) is 12.1. The van der Waals surface area contributed by atoms with Gasteiger partial charge in [0.25, 0.3) is 0 Å². The van der Waals surface area contributed by atoms with Gasteiger partial charge in [0, 0.05) is 21.8 Å². The molecule has 0 fully saturated rings. The van der Waals surface area contributed by atoms with Crippen LogP contribution in [0, 0.1) is 0 Å². The Kier molecular flexibility index (Phi) is 5.92. The minimum Gasteiger partial charge on any atom is -0.453 e. The third-order valence-corrected chi connectivity index (χ3v) is 6.81. The number of furan rings is 1. The summed E-state index contributed by atoms with van der Waals surface area (Å²) in [5.74, 6) is 0. The van der Waals surface area contributed by atoms with Gasteiger partial charge in [-0.3, -0.25) is 0 Å². The molecule has 6 rings (SSSR count). The van der Waals surface area contributed by atoms with E-state index >= 15 is 0 Å². The summed E-state index contributed by atoms with van der Waals surface area (Å²) in [6, 6.07) is 37.7. The maximum Gasteiger partial charge on any atom is 0.158 e. The second-order valence-corrected chi connectivity index (χ2v) is 9.12. The van der Waals surface area contributed by atoms with Gasteiger partial charge in [-0.15, -0.1) is 0 Å². The van der Waals surface area contributed by atoms with Crippen LogP contribution in [0.15, 0.2) is 138 Å². The van der Waals surface area contributed by atoms with Gasteiger partial charge < -0.3 is 9.73 Å². The standard InChI is InChI=1S/C35H27NO/c1-3-25(17-16-24(2)26-10-5-4-6-11-26)27-18-21-29(22-19-27)36-33-15-9-14-31-32-23-20-28-12-7-8-13-30(28)34(32)37-35(31)33/h3-23,36H,2H2,1H3/b17-16-,25-3+. The fourth-order valence-electron chi connectivity index (χ4n) is 4.82. The molecule has 0 spiro atoms. The van der Waals surface area contributed by atoms with Gasteiger partial charge in [-0.1, -0.05) is 110 Å². The van der Waals surface area contributed by atoms with Gasteiger partial charge in [0.2, 0.25) is 0 Å². The summed E-state index contributed by atoms with van der Waals surface area (Å²) in [6.45, 7) is 6.27. The van der Waals surface area contributed by atoms with E-state index in [9.17, 15) is 0 Å². The topological polar surface area (TPSA) is 25.2 Å². The molecule has 0 saturated heterocycles. The van der Waals surface area contributed by atoms with E-state index in [4.69, 9.17) is 4.42 Å². The lowest BCUT2D eigenvalue weighted by Crippen LogP contribution is -1.91. The van der Waals surface area contributed by atoms with Crippen molar-refractivity contribution in [1.82, 2.24) is 0 Å². The van der Waals surface area contributed by atoms with E-state index < -0.39 is 0 Å². The van der Waals surface area contributed by atoms with E-state index in [-0.39, 0.29) is 0 Å². The second kappa shape index (κ2) is 9.67. The number of nitrogens with one attached hydrogen (secondary N) is 1. The zero-order chi connectivity index (χ0) is 25.2. The molecule has 37 heavy (non-hydrogen) atoms. The van der Waals surface area contributed by atoms with Crippen molar-refractivity contribution >= 4 is 55.2 Å². The van der Waals surface area contributed by atoms with Crippen LogP contribution in [0.25, 0.3) is 43.9 Å². The molecule has 0 saturated carbocycles. The van der Waals surface area contributed by atoms with Crippen molar-refractivity contribution in [1.29, 1.82) is 0 Å². The Balaban J connectivity index is 1.27. The number of fused-ring (bicyclic) bond motifs is 5. The van der Waals surface area contributed by atoms with Crippen molar-refractivity contribution in [2.75, 3.05) is 5.32 Å². The SMILES string of the molecule is C=C(/C=C\C(=C/C)c1ccc(Nc2cccc3c2oc2c4ccccc4ccc32)cc1)c1ccccc1. The van der Waals surface area contributed by atoms with Gasteiger partial charge in [-0.2, -0.15) is 0 Å². The summed E-state index contributed by atoms with van der Waals surface area (Å²) in [6.07, 6.45) is 6.32. The summed E-state index contributed by atoms with van der Waals surface area (Å²) >= 11 is 0. The molecule has 2 nitrogen and oxygen atoms in total. The molecular formula is C35H27NO. The number of hydrogen-bond acceptors (Lipinski definition) is 2. The van der Waals surface area contributed by atoms with Crippen LogP contribution in [-0.2, 0) is 0 Å². The number of anilines is 2. The number of allylic oxidation sites excluding steroid dienone is 5. The van der Waals surface area contributed by atoms with E-state index in [1.165, 1.54) is 5.39 Å². The van der Waals surface area contributed by atoms with E-state index in [1.807, 2.05) is 18.2 Å². The molecule has 6 aromatic rings. The van der Waals surface area contributed by atoms with E-state index in [2.05, 4.69) is 128 Å². The van der Waals surface area contributed by atoms with Gasteiger partial charge in [0.15, 0.2) is 5.58 Å². The van der Waals surface area contributed by atoms with Gasteiger partial charge >= 0.3 is 0 Å². The lowest BCUT2D eigenvalue weighted by Gasteiger charge is -2.09. The zero-order valence-corrected chi connectivity index (χ0v) is 20.7. The van der Waals surface area contributed by atoms with Crippen LogP contribution in [0.1, 0.15) is 18.1 Å². The van der Waals surface area contributed by atoms with Crippen molar-refractivity contribution in [2.24, 2.45) is 0 Å². The maximum absolute atomic E-state index is 6.45. The lowest BCUT2D eigenvalue weighted by molar-refractivity contribution is 0.674. The van der Waals surface area contributed by atoms with Crippen molar-refractivity contribution < 1.29 is 4.42 Å². The highest BCUT2D eigenvalue weighted by atomic mass is 16.3. The van der Waals surface area contributed by atoms with Crippen LogP contribution in [0.3, 0.4) is 0 Å². The number of rotatable bonds is 6. The molecule has 5 aromatic carbocycles. The third kappa shape index (κ3) is 4.34. The molecule has 0 bridgehead atoms. The maximum atomic E-state index is 6.45. The highest BCUT2D eigenvalue weighted by Gasteiger charge is 2.13. The molecule has 0 unspecified atom stereocenters. The van der Waals surface area contributed by atoms with Crippen LogP contribution in [-0.4, -0.2) is 0 Å². The first-order valence-electron chi connectivity index (χ1n) is 12.5. The molecule has 2 heteroatoms. The molecular weight excluding hydrogens is 450 g/mol. The summed E-state index contributed by atoms with van der Waals surface area (Å²) in [4.78, 5) is 0. The Morgan fingerprint density at radius 2 is 1.38 bits per heavy atom. The Labute approximate surface area is 216 Å². The Bertz CT molecular complexity index is 1800. The molecule has 0 atom stereocenters. The van der Waals surface area contributed by atoms with Crippen LogP contribution < -0.4 is 5.32 Å². The second-order valence-electron chi connectivity index (χ2n) is 9.12. The Morgan fingerprint density at radius 3 is 2.19 bits per heavy atom. The molecule has 0 radical (unpaired) electrons.